The van der Waals surface area contributed by atoms with Crippen LogP contribution in [0.5, 0.6) is 5.75 Å². The van der Waals surface area contributed by atoms with Crippen molar-refractivity contribution in [3.8, 4) is 17.1 Å². The first-order chi connectivity index (χ1) is 14.0. The highest BCUT2D eigenvalue weighted by Crippen LogP contribution is 2.35. The number of para-hydroxylation sites is 1. The monoisotopic (exact) mass is 408 g/mol. The van der Waals surface area contributed by atoms with E-state index in [4.69, 9.17) is 4.74 Å². The summed E-state index contributed by atoms with van der Waals surface area (Å²) in [5.41, 5.74) is 3.20. The summed E-state index contributed by atoms with van der Waals surface area (Å²) in [4.78, 5) is 15.1. The second-order valence-electron chi connectivity index (χ2n) is 7.24. The molecule has 7 heteroatoms. The van der Waals surface area contributed by atoms with Gasteiger partial charge in [-0.15, -0.1) is 10.2 Å². The summed E-state index contributed by atoms with van der Waals surface area (Å²) in [5, 5.41) is 9.10. The van der Waals surface area contributed by atoms with Crippen LogP contribution in [0, 0.1) is 0 Å². The number of amides is 1. The first-order valence-electron chi connectivity index (χ1n) is 9.61. The lowest BCUT2D eigenvalue weighted by Gasteiger charge is -2.25. The fraction of sp³-hybridized carbons (Fsp3) is 0.318. The van der Waals surface area contributed by atoms with E-state index < -0.39 is 0 Å². The summed E-state index contributed by atoms with van der Waals surface area (Å²) in [5.74, 6) is 1.65. The maximum atomic E-state index is 13.2. The van der Waals surface area contributed by atoms with Gasteiger partial charge in [-0.25, -0.2) is 0 Å². The van der Waals surface area contributed by atoms with Gasteiger partial charge in [-0.3, -0.25) is 4.79 Å². The van der Waals surface area contributed by atoms with Crippen LogP contribution < -0.4 is 9.64 Å². The number of rotatable bonds is 5. The lowest BCUT2D eigenvalue weighted by Crippen LogP contribution is -2.40. The van der Waals surface area contributed by atoms with Crippen LogP contribution in [-0.2, 0) is 18.3 Å². The minimum Gasteiger partial charge on any atom is -0.497 e. The zero-order valence-corrected chi connectivity index (χ0v) is 17.8. The quantitative estimate of drug-likeness (QED) is 0.598. The lowest BCUT2D eigenvalue weighted by atomic mass is 10.1. The van der Waals surface area contributed by atoms with Crippen LogP contribution in [-0.4, -0.2) is 39.1 Å². The Hall–Kier alpha value is -2.80. The molecule has 0 saturated carbocycles. The molecule has 1 aliphatic heterocycles. The molecule has 29 heavy (non-hydrogen) atoms. The normalized spacial score (nSPS) is 16.6. The number of nitrogens with zero attached hydrogens (tertiary/aromatic N) is 4. The zero-order chi connectivity index (χ0) is 20.5. The van der Waals surface area contributed by atoms with Crippen LogP contribution in [0.4, 0.5) is 5.69 Å². The molecule has 0 bridgehead atoms. The first-order valence-corrected chi connectivity index (χ1v) is 10.5. The maximum absolute atomic E-state index is 13.2. The van der Waals surface area contributed by atoms with Crippen molar-refractivity contribution in [2.45, 2.75) is 36.7 Å². The number of benzene rings is 2. The van der Waals surface area contributed by atoms with Gasteiger partial charge in [-0.05, 0) is 56.2 Å². The maximum Gasteiger partial charge on any atom is 0.240 e. The third kappa shape index (κ3) is 3.62. The summed E-state index contributed by atoms with van der Waals surface area (Å²) in [7, 11) is 3.57. The van der Waals surface area contributed by atoms with Gasteiger partial charge in [0.25, 0.3) is 0 Å². The smallest absolute Gasteiger partial charge is 0.240 e. The highest BCUT2D eigenvalue weighted by Gasteiger charge is 2.34. The fourth-order valence-corrected chi connectivity index (χ4v) is 4.58. The van der Waals surface area contributed by atoms with Crippen molar-refractivity contribution < 1.29 is 9.53 Å². The Balaban J connectivity index is 1.52. The number of carbonyl (C=O) groups is 1. The molecule has 2 heterocycles. The molecule has 2 atom stereocenters. The van der Waals surface area contributed by atoms with E-state index in [0.29, 0.717) is 0 Å². The number of fused-ring (bicyclic) bond motifs is 1. The van der Waals surface area contributed by atoms with E-state index in [-0.39, 0.29) is 17.2 Å². The number of aromatic nitrogens is 3. The first kappa shape index (κ1) is 19.5. The number of methoxy groups -OCH3 is 1. The summed E-state index contributed by atoms with van der Waals surface area (Å²) in [6, 6.07) is 16.0. The minimum atomic E-state index is -0.268. The number of hydrogen-bond acceptors (Lipinski definition) is 5. The van der Waals surface area contributed by atoms with Gasteiger partial charge >= 0.3 is 0 Å². The molecular weight excluding hydrogens is 384 g/mol. The van der Waals surface area contributed by atoms with E-state index in [1.807, 2.05) is 65.9 Å². The Kier molecular flexibility index (Phi) is 5.32. The second-order valence-corrected chi connectivity index (χ2v) is 8.55. The van der Waals surface area contributed by atoms with Crippen molar-refractivity contribution in [2.24, 2.45) is 7.05 Å². The fourth-order valence-electron chi connectivity index (χ4n) is 3.71. The van der Waals surface area contributed by atoms with Gasteiger partial charge in [0, 0.05) is 24.3 Å². The molecule has 0 saturated heterocycles. The molecule has 0 aliphatic carbocycles. The number of carbonyl (C=O) groups excluding carboxylic acids is 1. The average molecular weight is 409 g/mol. The summed E-state index contributed by atoms with van der Waals surface area (Å²) < 4.78 is 7.14. The Labute approximate surface area is 174 Å². The Morgan fingerprint density at radius 2 is 1.90 bits per heavy atom. The van der Waals surface area contributed by atoms with Crippen molar-refractivity contribution in [1.82, 2.24) is 14.8 Å². The van der Waals surface area contributed by atoms with E-state index in [1.165, 1.54) is 17.3 Å². The van der Waals surface area contributed by atoms with Crippen LogP contribution in [0.15, 0.2) is 53.7 Å². The molecule has 3 aromatic rings. The Bertz CT molecular complexity index is 1030. The van der Waals surface area contributed by atoms with Crippen LogP contribution in [0.25, 0.3) is 11.4 Å². The van der Waals surface area contributed by atoms with Gasteiger partial charge in [-0.1, -0.05) is 30.0 Å². The molecule has 0 spiro atoms. The van der Waals surface area contributed by atoms with Crippen LogP contribution in [0.1, 0.15) is 19.4 Å². The predicted octanol–water partition coefficient (Wildman–Crippen LogP) is 3.95. The molecule has 2 aromatic carbocycles. The average Bonchev–Trinajstić information content (AvgIpc) is 3.26. The number of anilines is 1. The van der Waals surface area contributed by atoms with Crippen molar-refractivity contribution in [2.75, 3.05) is 12.0 Å². The van der Waals surface area contributed by atoms with Gasteiger partial charge < -0.3 is 14.2 Å². The van der Waals surface area contributed by atoms with Gasteiger partial charge in [-0.2, -0.15) is 0 Å². The van der Waals surface area contributed by atoms with E-state index in [9.17, 15) is 4.79 Å². The highest BCUT2D eigenvalue weighted by atomic mass is 32.2. The molecule has 0 unspecified atom stereocenters. The summed E-state index contributed by atoms with van der Waals surface area (Å²) in [6.45, 7) is 4.03. The topological polar surface area (TPSA) is 60.3 Å². The van der Waals surface area contributed by atoms with E-state index in [0.717, 1.165) is 34.4 Å². The molecule has 0 N–H and O–H groups in total. The zero-order valence-electron chi connectivity index (χ0n) is 17.0. The Morgan fingerprint density at radius 1 is 1.17 bits per heavy atom. The largest absolute Gasteiger partial charge is 0.497 e. The number of thioether (sulfide) groups is 1. The van der Waals surface area contributed by atoms with Crippen molar-refractivity contribution in [3.05, 3.63) is 54.1 Å². The molecule has 0 fully saturated rings. The van der Waals surface area contributed by atoms with Crippen molar-refractivity contribution in [3.63, 3.8) is 0 Å². The molecule has 6 nitrogen and oxygen atoms in total. The van der Waals surface area contributed by atoms with Gasteiger partial charge in [0.2, 0.25) is 5.91 Å². The van der Waals surface area contributed by atoms with Crippen LogP contribution in [0.2, 0.25) is 0 Å². The van der Waals surface area contributed by atoms with E-state index in [1.54, 1.807) is 7.11 Å². The molecule has 1 aliphatic rings. The second kappa shape index (κ2) is 7.91. The lowest BCUT2D eigenvalue weighted by molar-refractivity contribution is -0.118. The molecule has 1 aromatic heterocycles. The van der Waals surface area contributed by atoms with Gasteiger partial charge in [0.1, 0.15) is 5.75 Å². The molecule has 150 valence electrons. The highest BCUT2D eigenvalue weighted by molar-refractivity contribution is 8.00. The third-order valence-electron chi connectivity index (χ3n) is 5.26. The molecular formula is C22H24N4O2S. The third-order valence-corrected chi connectivity index (χ3v) is 6.38. The summed E-state index contributed by atoms with van der Waals surface area (Å²) in [6.07, 6.45) is 0.894. The van der Waals surface area contributed by atoms with Gasteiger partial charge in [0.15, 0.2) is 11.0 Å². The predicted molar refractivity (Wildman–Crippen MR) is 115 cm³/mol. The van der Waals surface area contributed by atoms with Crippen molar-refractivity contribution >= 4 is 23.4 Å². The Morgan fingerprint density at radius 3 is 2.62 bits per heavy atom. The molecule has 1 amide bonds. The van der Waals surface area contributed by atoms with Crippen LogP contribution >= 0.6 is 11.8 Å². The van der Waals surface area contributed by atoms with Crippen molar-refractivity contribution in [1.29, 1.82) is 0 Å². The molecule has 4 rings (SSSR count). The van der Waals surface area contributed by atoms with Crippen LogP contribution in [0.3, 0.4) is 0 Å². The van der Waals surface area contributed by atoms with E-state index in [2.05, 4.69) is 23.2 Å². The van der Waals surface area contributed by atoms with E-state index >= 15 is 0 Å². The number of ether oxygens (including phenoxy) is 1. The van der Waals surface area contributed by atoms with Gasteiger partial charge in [0.05, 0.1) is 12.4 Å². The molecule has 0 radical (unpaired) electrons. The standard InChI is InChI=1S/C22H24N4O2S/c1-14-13-17-7-5-6-8-19(17)26(14)21(27)15(2)29-22-24-23-20(25(22)3)16-9-11-18(28-4)12-10-16/h5-12,14-15H,13H2,1-4H3/t14-,15+/m1/s1. The minimum absolute atomic E-state index is 0.0986. The SMILES string of the molecule is COc1ccc(-c2nnc(S[C@@H](C)C(=O)N3c4ccccc4C[C@H]3C)n2C)cc1. The number of hydrogen-bond donors (Lipinski definition) is 0. The summed E-state index contributed by atoms with van der Waals surface area (Å²) >= 11 is 1.44.